The van der Waals surface area contributed by atoms with Gasteiger partial charge < -0.3 is 15.5 Å². The third-order valence-electron chi connectivity index (χ3n) is 2.37. The molecule has 0 aliphatic rings. The van der Waals surface area contributed by atoms with Crippen LogP contribution >= 0.6 is 0 Å². The van der Waals surface area contributed by atoms with Gasteiger partial charge in [0.25, 0.3) is 0 Å². The quantitative estimate of drug-likeness (QED) is 0.682. The van der Waals surface area contributed by atoms with Gasteiger partial charge in [0.05, 0.1) is 0 Å². The Hall–Kier alpha value is -0.610. The molecule has 0 fully saturated rings. The van der Waals surface area contributed by atoms with Crippen LogP contribution in [-0.2, 0) is 4.79 Å². The molecular formula is C12H29N3O. The number of nitrogens with two attached hydrogens (primary N) is 1. The number of hydrogen-bond donors (Lipinski definition) is 1. The third-order valence-corrected chi connectivity index (χ3v) is 2.37. The number of hydrogen-bond acceptors (Lipinski definition) is 3. The summed E-state index contributed by atoms with van der Waals surface area (Å²) in [5.74, 6) is -0.205. The van der Waals surface area contributed by atoms with Crippen LogP contribution in [0.2, 0.25) is 0 Å². The zero-order valence-electron chi connectivity index (χ0n) is 11.6. The highest BCUT2D eigenvalue weighted by Gasteiger charge is 2.01. The van der Waals surface area contributed by atoms with Crippen molar-refractivity contribution in [3.8, 4) is 0 Å². The maximum absolute atomic E-state index is 10.5. The molecule has 0 spiro atoms. The van der Waals surface area contributed by atoms with Crippen LogP contribution in [0.4, 0.5) is 0 Å². The molecule has 4 heteroatoms. The van der Waals surface area contributed by atoms with E-state index in [9.17, 15) is 4.79 Å². The average molecular weight is 231 g/mol. The van der Waals surface area contributed by atoms with Crippen molar-refractivity contribution < 1.29 is 4.79 Å². The minimum atomic E-state index is -0.205. The molecule has 1 amide bonds. The van der Waals surface area contributed by atoms with E-state index in [1.807, 2.05) is 13.8 Å². The van der Waals surface area contributed by atoms with Crippen LogP contribution in [0.5, 0.6) is 0 Å². The zero-order chi connectivity index (χ0) is 13.0. The van der Waals surface area contributed by atoms with E-state index in [2.05, 4.69) is 30.8 Å². The van der Waals surface area contributed by atoms with Gasteiger partial charge in [0.15, 0.2) is 0 Å². The van der Waals surface area contributed by atoms with Crippen LogP contribution < -0.4 is 5.73 Å². The number of nitrogens with zero attached hydrogens (tertiary/aromatic N) is 2. The maximum atomic E-state index is 10.5. The van der Waals surface area contributed by atoms with E-state index in [1.165, 1.54) is 0 Å². The van der Waals surface area contributed by atoms with Gasteiger partial charge in [-0.05, 0) is 33.6 Å². The number of amides is 1. The van der Waals surface area contributed by atoms with E-state index < -0.39 is 0 Å². The lowest BCUT2D eigenvalue weighted by atomic mass is 10.3. The van der Waals surface area contributed by atoms with Crippen molar-refractivity contribution in [2.75, 3.05) is 40.3 Å². The highest BCUT2D eigenvalue weighted by atomic mass is 16.1. The molecular weight excluding hydrogens is 202 g/mol. The Morgan fingerprint density at radius 2 is 1.56 bits per heavy atom. The Labute approximate surface area is 101 Å². The first-order valence-electron chi connectivity index (χ1n) is 6.21. The number of rotatable bonds is 8. The lowest BCUT2D eigenvalue weighted by molar-refractivity contribution is -0.118. The van der Waals surface area contributed by atoms with Crippen LogP contribution in [-0.4, -0.2) is 56.0 Å². The van der Waals surface area contributed by atoms with Crippen molar-refractivity contribution in [2.24, 2.45) is 5.73 Å². The molecule has 0 radical (unpaired) electrons. The molecule has 0 atom stereocenters. The van der Waals surface area contributed by atoms with E-state index in [0.29, 0.717) is 6.42 Å². The van der Waals surface area contributed by atoms with Gasteiger partial charge in [-0.25, -0.2) is 0 Å². The fourth-order valence-electron chi connectivity index (χ4n) is 1.13. The molecule has 2 N–H and O–H groups in total. The van der Waals surface area contributed by atoms with Crippen LogP contribution in [0.1, 0.15) is 33.6 Å². The molecule has 0 saturated carbocycles. The normalized spacial score (nSPS) is 10.2. The Kier molecular flexibility index (Phi) is 13.8. The molecule has 0 aromatic rings. The van der Waals surface area contributed by atoms with E-state index in [-0.39, 0.29) is 5.91 Å². The van der Waals surface area contributed by atoms with Crippen molar-refractivity contribution in [1.29, 1.82) is 0 Å². The van der Waals surface area contributed by atoms with E-state index in [4.69, 9.17) is 5.73 Å². The molecule has 0 heterocycles. The number of likely N-dealkylation sites (N-methyl/N-ethyl adjacent to an activating group) is 2. The Balaban J connectivity index is 0. The van der Waals surface area contributed by atoms with Crippen LogP contribution in [0.15, 0.2) is 0 Å². The van der Waals surface area contributed by atoms with Gasteiger partial charge in [0, 0.05) is 19.5 Å². The molecule has 16 heavy (non-hydrogen) atoms. The van der Waals surface area contributed by atoms with Crippen molar-refractivity contribution in [3.05, 3.63) is 0 Å². The SMILES string of the molecule is CC.CCN(C)CCN(C)CCCC(N)=O. The summed E-state index contributed by atoms with van der Waals surface area (Å²) in [6.07, 6.45) is 1.36. The summed E-state index contributed by atoms with van der Waals surface area (Å²) in [7, 11) is 4.18. The number of carbonyl (C=O) groups is 1. The van der Waals surface area contributed by atoms with Gasteiger partial charge in [0.1, 0.15) is 0 Å². The van der Waals surface area contributed by atoms with E-state index in [0.717, 1.165) is 32.6 Å². The summed E-state index contributed by atoms with van der Waals surface area (Å²) in [5.41, 5.74) is 5.06. The van der Waals surface area contributed by atoms with Crippen molar-refractivity contribution in [1.82, 2.24) is 9.80 Å². The molecule has 4 nitrogen and oxygen atoms in total. The lowest BCUT2D eigenvalue weighted by Crippen LogP contribution is -2.31. The molecule has 0 aromatic heterocycles. The molecule has 0 saturated heterocycles. The van der Waals surface area contributed by atoms with Gasteiger partial charge in [-0.15, -0.1) is 0 Å². The maximum Gasteiger partial charge on any atom is 0.217 e. The van der Waals surface area contributed by atoms with Crippen molar-refractivity contribution >= 4 is 5.91 Å². The molecule has 0 aromatic carbocycles. The highest BCUT2D eigenvalue weighted by Crippen LogP contribution is 1.92. The number of carbonyl (C=O) groups excluding carboxylic acids is 1. The molecule has 0 aliphatic carbocycles. The number of primary amides is 1. The second-order valence-electron chi connectivity index (χ2n) is 3.77. The van der Waals surface area contributed by atoms with E-state index in [1.54, 1.807) is 0 Å². The summed E-state index contributed by atoms with van der Waals surface area (Å²) in [4.78, 5) is 15.0. The van der Waals surface area contributed by atoms with Gasteiger partial charge in [-0.1, -0.05) is 20.8 Å². The summed E-state index contributed by atoms with van der Waals surface area (Å²) < 4.78 is 0. The highest BCUT2D eigenvalue weighted by molar-refractivity contribution is 5.73. The lowest BCUT2D eigenvalue weighted by Gasteiger charge is -2.20. The first-order chi connectivity index (χ1) is 7.56. The fraction of sp³-hybridized carbons (Fsp3) is 0.917. The van der Waals surface area contributed by atoms with Crippen LogP contribution in [0, 0.1) is 0 Å². The molecule has 0 bridgehead atoms. The minimum Gasteiger partial charge on any atom is -0.370 e. The second kappa shape index (κ2) is 12.5. The molecule has 98 valence electrons. The first-order valence-corrected chi connectivity index (χ1v) is 6.21. The Morgan fingerprint density at radius 1 is 1.06 bits per heavy atom. The van der Waals surface area contributed by atoms with Crippen LogP contribution in [0.25, 0.3) is 0 Å². The monoisotopic (exact) mass is 231 g/mol. The van der Waals surface area contributed by atoms with Crippen molar-refractivity contribution in [2.45, 2.75) is 33.6 Å². The molecule has 0 unspecified atom stereocenters. The molecule has 0 rings (SSSR count). The van der Waals surface area contributed by atoms with Gasteiger partial charge in [-0.3, -0.25) is 4.79 Å². The Morgan fingerprint density at radius 3 is 2.00 bits per heavy atom. The fourth-order valence-corrected chi connectivity index (χ4v) is 1.13. The Bertz CT molecular complexity index is 162. The molecule has 0 aliphatic heterocycles. The summed E-state index contributed by atoms with van der Waals surface area (Å²) in [5, 5.41) is 0. The third kappa shape index (κ3) is 13.4. The van der Waals surface area contributed by atoms with Gasteiger partial charge >= 0.3 is 0 Å². The van der Waals surface area contributed by atoms with Gasteiger partial charge in [0.2, 0.25) is 5.91 Å². The topological polar surface area (TPSA) is 49.6 Å². The summed E-state index contributed by atoms with van der Waals surface area (Å²) >= 11 is 0. The van der Waals surface area contributed by atoms with E-state index >= 15 is 0 Å². The zero-order valence-corrected chi connectivity index (χ0v) is 11.6. The predicted molar refractivity (Wildman–Crippen MR) is 70.4 cm³/mol. The van der Waals surface area contributed by atoms with Gasteiger partial charge in [-0.2, -0.15) is 0 Å². The summed E-state index contributed by atoms with van der Waals surface area (Å²) in [6, 6.07) is 0. The predicted octanol–water partition coefficient (Wildman–Crippen LogP) is 1.16. The second-order valence-corrected chi connectivity index (χ2v) is 3.77. The summed E-state index contributed by atoms with van der Waals surface area (Å²) in [6.45, 7) is 10.3. The standard InChI is InChI=1S/C10H23N3O.C2H6/c1-4-12(2)8-9-13(3)7-5-6-10(11)14;1-2/h4-9H2,1-3H3,(H2,11,14);1-2H3. The van der Waals surface area contributed by atoms with Crippen LogP contribution in [0.3, 0.4) is 0 Å². The minimum absolute atomic E-state index is 0.205. The first kappa shape index (κ1) is 17.8. The average Bonchev–Trinajstić information content (AvgIpc) is 2.28. The van der Waals surface area contributed by atoms with Crippen molar-refractivity contribution in [3.63, 3.8) is 0 Å². The largest absolute Gasteiger partial charge is 0.370 e. The smallest absolute Gasteiger partial charge is 0.217 e.